The van der Waals surface area contributed by atoms with Gasteiger partial charge in [-0.3, -0.25) is 4.55 Å². The van der Waals surface area contributed by atoms with Gasteiger partial charge in [0.1, 0.15) is 4.90 Å². The monoisotopic (exact) mass is 488 g/mol. The zero-order chi connectivity index (χ0) is 24.8. The van der Waals surface area contributed by atoms with Crippen LogP contribution in [-0.2, 0) is 10.1 Å². The molecule has 0 aliphatic carbocycles. The van der Waals surface area contributed by atoms with Gasteiger partial charge in [0, 0.05) is 11.1 Å². The van der Waals surface area contributed by atoms with Crippen LogP contribution in [0.1, 0.15) is 0 Å². The average Bonchev–Trinajstić information content (AvgIpc) is 2.78. The number of hydrogen-bond donors (Lipinski definition) is 4. The first-order valence-electron chi connectivity index (χ1n) is 9.58. The number of halogens is 3. The van der Waals surface area contributed by atoms with Crippen molar-refractivity contribution in [2.24, 2.45) is 0 Å². The summed E-state index contributed by atoms with van der Waals surface area (Å²) >= 11 is 0. The number of rotatable bonds is 4. The number of phenolic OH excluding ortho intramolecular Hbond substituents is 3. The zero-order valence-electron chi connectivity index (χ0n) is 17.0. The molecule has 0 atom stereocenters. The molecule has 0 aliphatic rings. The minimum Gasteiger partial charge on any atom is -0.505 e. The molecule has 0 saturated carbocycles. The van der Waals surface area contributed by atoms with E-state index >= 15 is 0 Å². The highest BCUT2D eigenvalue weighted by atomic mass is 32.2. The molecule has 0 fully saturated rings. The largest absolute Gasteiger partial charge is 0.505 e. The SMILES string of the molecule is O=S(=O)(O)c1c(-c2ccc(O)c(F)c2)cc(-c2ccc(O)c(F)c2)cc1-c1ccc(O)c(F)c1. The van der Waals surface area contributed by atoms with E-state index in [1.54, 1.807) is 0 Å². The normalized spacial score (nSPS) is 11.5. The van der Waals surface area contributed by atoms with Crippen molar-refractivity contribution in [2.45, 2.75) is 4.90 Å². The fourth-order valence-electron chi connectivity index (χ4n) is 3.54. The molecule has 4 rings (SSSR count). The van der Waals surface area contributed by atoms with Crippen molar-refractivity contribution in [3.8, 4) is 50.6 Å². The molecule has 0 saturated heterocycles. The second-order valence-corrected chi connectivity index (χ2v) is 8.73. The van der Waals surface area contributed by atoms with Crippen molar-refractivity contribution in [1.82, 2.24) is 0 Å². The van der Waals surface area contributed by atoms with Gasteiger partial charge in [0.05, 0.1) is 0 Å². The Balaban J connectivity index is 2.14. The van der Waals surface area contributed by atoms with Gasteiger partial charge in [-0.1, -0.05) is 18.2 Å². The van der Waals surface area contributed by atoms with E-state index in [4.69, 9.17) is 0 Å². The summed E-state index contributed by atoms with van der Waals surface area (Å²) in [5.74, 6) is -5.13. The van der Waals surface area contributed by atoms with Crippen LogP contribution >= 0.6 is 0 Å². The van der Waals surface area contributed by atoms with Crippen LogP contribution in [0, 0.1) is 17.5 Å². The van der Waals surface area contributed by atoms with E-state index in [1.807, 2.05) is 0 Å². The van der Waals surface area contributed by atoms with E-state index < -0.39 is 49.7 Å². The van der Waals surface area contributed by atoms with Crippen molar-refractivity contribution in [3.63, 3.8) is 0 Å². The van der Waals surface area contributed by atoms with Crippen LogP contribution in [0.5, 0.6) is 17.2 Å². The molecule has 4 N–H and O–H groups in total. The van der Waals surface area contributed by atoms with Crippen LogP contribution in [0.3, 0.4) is 0 Å². The van der Waals surface area contributed by atoms with Gasteiger partial charge < -0.3 is 15.3 Å². The molecule has 0 unspecified atom stereocenters. The lowest BCUT2D eigenvalue weighted by molar-refractivity contribution is 0.432. The van der Waals surface area contributed by atoms with Crippen LogP contribution in [0.15, 0.2) is 71.6 Å². The Morgan fingerprint density at radius 1 is 0.529 bits per heavy atom. The molecule has 0 spiro atoms. The van der Waals surface area contributed by atoms with Gasteiger partial charge in [-0.2, -0.15) is 8.42 Å². The summed E-state index contributed by atoms with van der Waals surface area (Å²) in [6.07, 6.45) is 0. The Morgan fingerprint density at radius 3 is 1.24 bits per heavy atom. The molecule has 34 heavy (non-hydrogen) atoms. The molecule has 0 heterocycles. The van der Waals surface area contributed by atoms with Gasteiger partial charge in [0.15, 0.2) is 34.7 Å². The minimum absolute atomic E-state index is 0.0653. The summed E-state index contributed by atoms with van der Waals surface area (Å²) in [4.78, 5) is -0.703. The molecule has 0 radical (unpaired) electrons. The molecule has 0 aliphatic heterocycles. The highest BCUT2D eigenvalue weighted by Crippen LogP contribution is 2.41. The molecule has 0 bridgehead atoms. The summed E-state index contributed by atoms with van der Waals surface area (Å²) in [7, 11) is -5.00. The second-order valence-electron chi connectivity index (χ2n) is 7.37. The highest BCUT2D eigenvalue weighted by molar-refractivity contribution is 7.86. The maximum atomic E-state index is 14.1. The van der Waals surface area contributed by atoms with E-state index in [-0.39, 0.29) is 33.4 Å². The first kappa shape index (κ1) is 23.1. The molecule has 174 valence electrons. The van der Waals surface area contributed by atoms with Crippen molar-refractivity contribution < 1.29 is 41.5 Å². The number of aromatic hydroxyl groups is 3. The summed E-state index contributed by atoms with van der Waals surface area (Å²) in [5, 5.41) is 28.6. The maximum Gasteiger partial charge on any atom is 0.295 e. The molecule has 10 heteroatoms. The van der Waals surface area contributed by atoms with Gasteiger partial charge in [-0.05, 0) is 70.8 Å². The van der Waals surface area contributed by atoms with Crippen LogP contribution < -0.4 is 0 Å². The first-order valence-corrected chi connectivity index (χ1v) is 11.0. The molecular formula is C24H15F3O6S. The van der Waals surface area contributed by atoms with Crippen molar-refractivity contribution in [2.75, 3.05) is 0 Å². The van der Waals surface area contributed by atoms with Gasteiger partial charge in [0.2, 0.25) is 0 Å². The van der Waals surface area contributed by atoms with Gasteiger partial charge in [-0.15, -0.1) is 0 Å². The van der Waals surface area contributed by atoms with E-state index in [9.17, 15) is 41.5 Å². The molecular weight excluding hydrogens is 473 g/mol. The Bertz CT molecular complexity index is 1480. The third kappa shape index (κ3) is 4.28. The molecule has 0 amide bonds. The predicted molar refractivity (Wildman–Crippen MR) is 117 cm³/mol. The minimum atomic E-state index is -5.00. The predicted octanol–water partition coefficient (Wildman–Crippen LogP) is 5.47. The lowest BCUT2D eigenvalue weighted by atomic mass is 9.92. The van der Waals surface area contributed by atoms with E-state index in [0.29, 0.717) is 0 Å². The Labute approximate surface area is 191 Å². The molecule has 6 nitrogen and oxygen atoms in total. The summed E-state index contributed by atoms with van der Waals surface area (Å²) in [6, 6.07) is 11.9. The van der Waals surface area contributed by atoms with Crippen molar-refractivity contribution in [3.05, 3.63) is 84.2 Å². The smallest absolute Gasteiger partial charge is 0.295 e. The van der Waals surface area contributed by atoms with Crippen LogP contribution in [-0.4, -0.2) is 28.3 Å². The third-order valence-corrected chi connectivity index (χ3v) is 6.10. The van der Waals surface area contributed by atoms with Crippen LogP contribution in [0.25, 0.3) is 33.4 Å². The van der Waals surface area contributed by atoms with E-state index in [0.717, 1.165) is 36.4 Å². The number of phenols is 3. The van der Waals surface area contributed by atoms with Crippen LogP contribution in [0.4, 0.5) is 13.2 Å². The highest BCUT2D eigenvalue weighted by Gasteiger charge is 2.25. The Morgan fingerprint density at radius 2 is 0.882 bits per heavy atom. The summed E-state index contributed by atoms with van der Waals surface area (Å²) in [6.45, 7) is 0. The molecule has 4 aromatic rings. The Kier molecular flexibility index (Phi) is 5.72. The van der Waals surface area contributed by atoms with E-state index in [1.165, 1.54) is 30.3 Å². The molecule has 0 aromatic heterocycles. The maximum absolute atomic E-state index is 14.1. The summed E-state index contributed by atoms with van der Waals surface area (Å²) in [5.41, 5.74) is -0.225. The second kappa shape index (κ2) is 8.40. The number of benzene rings is 4. The topological polar surface area (TPSA) is 115 Å². The van der Waals surface area contributed by atoms with Gasteiger partial charge in [-0.25, -0.2) is 13.2 Å². The lowest BCUT2D eigenvalue weighted by Crippen LogP contribution is -2.05. The van der Waals surface area contributed by atoms with Crippen molar-refractivity contribution in [1.29, 1.82) is 0 Å². The molecule has 4 aromatic carbocycles. The Hall–Kier alpha value is -4.02. The van der Waals surface area contributed by atoms with Gasteiger partial charge in [0.25, 0.3) is 10.1 Å². The zero-order valence-corrected chi connectivity index (χ0v) is 17.8. The van der Waals surface area contributed by atoms with E-state index in [2.05, 4.69) is 0 Å². The average molecular weight is 488 g/mol. The van der Waals surface area contributed by atoms with Gasteiger partial charge >= 0.3 is 0 Å². The quantitative estimate of drug-likeness (QED) is 0.283. The van der Waals surface area contributed by atoms with Crippen LogP contribution in [0.2, 0.25) is 0 Å². The fourth-order valence-corrected chi connectivity index (χ4v) is 4.45. The fraction of sp³-hybridized carbons (Fsp3) is 0. The number of hydrogen-bond acceptors (Lipinski definition) is 5. The summed E-state index contributed by atoms with van der Waals surface area (Å²) < 4.78 is 77.2. The van der Waals surface area contributed by atoms with Crippen molar-refractivity contribution >= 4 is 10.1 Å². The lowest BCUT2D eigenvalue weighted by Gasteiger charge is -2.17. The first-order chi connectivity index (χ1) is 16.0. The standard InChI is InChI=1S/C24H15F3O6S/c25-18-9-12(1-4-21(18)28)15-7-16(13-2-5-22(29)19(26)10-13)24(34(31,32)33)17(8-15)14-3-6-23(30)20(27)11-14/h1-11,28-30H,(H,31,32,33). The third-order valence-electron chi connectivity index (χ3n) is 5.15.